The SMILES string of the molecule is COc1ccc(C[NH+](C)[C@@H](C(=O)Nc2cccc(OC)c2)c2ccccc2)cc1. The topological polar surface area (TPSA) is 52.0 Å². The van der Waals surface area contributed by atoms with E-state index in [1.165, 1.54) is 0 Å². The third kappa shape index (κ3) is 5.36. The second kappa shape index (κ2) is 9.75. The molecule has 1 amide bonds. The molecular weight excluding hydrogens is 364 g/mol. The van der Waals surface area contributed by atoms with E-state index in [0.29, 0.717) is 18.0 Å². The highest BCUT2D eigenvalue weighted by atomic mass is 16.5. The minimum atomic E-state index is -0.357. The highest BCUT2D eigenvalue weighted by Crippen LogP contribution is 2.19. The van der Waals surface area contributed by atoms with Crippen molar-refractivity contribution in [3.63, 3.8) is 0 Å². The Morgan fingerprint density at radius 3 is 2.24 bits per heavy atom. The van der Waals surface area contributed by atoms with Crippen LogP contribution in [0.3, 0.4) is 0 Å². The summed E-state index contributed by atoms with van der Waals surface area (Å²) in [6.07, 6.45) is 0. The number of ether oxygens (including phenoxy) is 2. The number of amides is 1. The van der Waals surface area contributed by atoms with Gasteiger partial charge in [-0.15, -0.1) is 0 Å². The zero-order valence-electron chi connectivity index (χ0n) is 17.0. The number of anilines is 1. The number of benzene rings is 3. The number of hydrogen-bond acceptors (Lipinski definition) is 3. The first-order valence-electron chi connectivity index (χ1n) is 9.56. The summed E-state index contributed by atoms with van der Waals surface area (Å²) in [6, 6.07) is 24.8. The summed E-state index contributed by atoms with van der Waals surface area (Å²) < 4.78 is 10.5. The number of nitrogens with one attached hydrogen (secondary N) is 2. The number of carbonyl (C=O) groups is 1. The maximum atomic E-state index is 13.3. The van der Waals surface area contributed by atoms with E-state index < -0.39 is 0 Å². The molecule has 2 N–H and O–H groups in total. The molecule has 0 aliphatic carbocycles. The van der Waals surface area contributed by atoms with Gasteiger partial charge in [0.05, 0.1) is 21.3 Å². The Balaban J connectivity index is 1.82. The van der Waals surface area contributed by atoms with E-state index in [-0.39, 0.29) is 11.9 Å². The summed E-state index contributed by atoms with van der Waals surface area (Å²) in [5, 5.41) is 3.04. The fourth-order valence-corrected chi connectivity index (χ4v) is 3.39. The van der Waals surface area contributed by atoms with E-state index in [1.807, 2.05) is 85.9 Å². The number of rotatable bonds is 8. The van der Waals surface area contributed by atoms with E-state index in [1.54, 1.807) is 14.2 Å². The van der Waals surface area contributed by atoms with Gasteiger partial charge in [0.1, 0.15) is 18.0 Å². The van der Waals surface area contributed by atoms with Crippen LogP contribution >= 0.6 is 0 Å². The summed E-state index contributed by atoms with van der Waals surface area (Å²) in [4.78, 5) is 14.3. The van der Waals surface area contributed by atoms with Crippen LogP contribution in [0.15, 0.2) is 78.9 Å². The molecule has 0 aliphatic rings. The molecule has 3 rings (SSSR count). The van der Waals surface area contributed by atoms with Crippen LogP contribution in [0.4, 0.5) is 5.69 Å². The van der Waals surface area contributed by atoms with Gasteiger partial charge >= 0.3 is 0 Å². The van der Waals surface area contributed by atoms with E-state index in [2.05, 4.69) is 5.32 Å². The number of hydrogen-bond donors (Lipinski definition) is 2. The van der Waals surface area contributed by atoms with Gasteiger partial charge in [-0.25, -0.2) is 0 Å². The summed E-state index contributed by atoms with van der Waals surface area (Å²) >= 11 is 0. The van der Waals surface area contributed by atoms with E-state index >= 15 is 0 Å². The zero-order valence-corrected chi connectivity index (χ0v) is 17.0. The quantitative estimate of drug-likeness (QED) is 0.620. The van der Waals surface area contributed by atoms with E-state index in [4.69, 9.17) is 9.47 Å². The molecule has 0 radical (unpaired) electrons. The Kier molecular flexibility index (Phi) is 6.87. The van der Waals surface area contributed by atoms with Gasteiger partial charge in [0.25, 0.3) is 5.91 Å². The Morgan fingerprint density at radius 2 is 1.59 bits per heavy atom. The fourth-order valence-electron chi connectivity index (χ4n) is 3.39. The molecule has 0 bridgehead atoms. The molecule has 2 atom stereocenters. The van der Waals surface area contributed by atoms with Crippen LogP contribution in [0.5, 0.6) is 11.5 Å². The van der Waals surface area contributed by atoms with Gasteiger partial charge in [0.15, 0.2) is 6.04 Å². The molecule has 1 unspecified atom stereocenters. The van der Waals surface area contributed by atoms with Crippen molar-refractivity contribution in [2.45, 2.75) is 12.6 Å². The van der Waals surface area contributed by atoms with E-state index in [0.717, 1.165) is 21.8 Å². The van der Waals surface area contributed by atoms with Crippen molar-refractivity contribution in [3.8, 4) is 11.5 Å². The minimum Gasteiger partial charge on any atom is -0.497 e. The monoisotopic (exact) mass is 391 g/mol. The molecule has 5 nitrogen and oxygen atoms in total. The molecule has 0 heterocycles. The van der Waals surface area contributed by atoms with Crippen molar-refractivity contribution in [3.05, 3.63) is 90.0 Å². The van der Waals surface area contributed by atoms with Crippen LogP contribution in [0.1, 0.15) is 17.2 Å². The van der Waals surface area contributed by atoms with Gasteiger partial charge in [0.2, 0.25) is 0 Å². The minimum absolute atomic E-state index is 0.0598. The Morgan fingerprint density at radius 1 is 0.897 bits per heavy atom. The predicted molar refractivity (Wildman–Crippen MR) is 114 cm³/mol. The second-order valence-corrected chi connectivity index (χ2v) is 6.94. The van der Waals surface area contributed by atoms with Crippen molar-refractivity contribution in [2.24, 2.45) is 0 Å². The normalized spacial score (nSPS) is 12.7. The molecule has 150 valence electrons. The molecule has 3 aromatic rings. The molecular formula is C24H27N2O3+. The lowest BCUT2D eigenvalue weighted by molar-refractivity contribution is -0.915. The second-order valence-electron chi connectivity index (χ2n) is 6.94. The van der Waals surface area contributed by atoms with Gasteiger partial charge < -0.3 is 19.7 Å². The first kappa shape index (κ1) is 20.4. The van der Waals surface area contributed by atoms with Gasteiger partial charge in [-0.1, -0.05) is 36.4 Å². The van der Waals surface area contributed by atoms with Crippen molar-refractivity contribution in [1.29, 1.82) is 0 Å². The van der Waals surface area contributed by atoms with Crippen LogP contribution < -0.4 is 19.7 Å². The van der Waals surface area contributed by atoms with Crippen molar-refractivity contribution >= 4 is 11.6 Å². The lowest BCUT2D eigenvalue weighted by atomic mass is 10.0. The first-order chi connectivity index (χ1) is 14.1. The van der Waals surface area contributed by atoms with Crippen molar-refractivity contribution in [2.75, 3.05) is 26.6 Å². The average Bonchev–Trinajstić information content (AvgIpc) is 2.75. The number of methoxy groups -OCH3 is 2. The third-order valence-electron chi connectivity index (χ3n) is 4.87. The van der Waals surface area contributed by atoms with Crippen LogP contribution in [-0.2, 0) is 11.3 Å². The molecule has 0 aromatic heterocycles. The van der Waals surface area contributed by atoms with Crippen LogP contribution in [-0.4, -0.2) is 27.2 Å². The number of quaternary nitrogens is 1. The maximum absolute atomic E-state index is 13.3. The van der Waals surface area contributed by atoms with Crippen LogP contribution in [0.25, 0.3) is 0 Å². The molecule has 5 heteroatoms. The average molecular weight is 391 g/mol. The summed E-state index contributed by atoms with van der Waals surface area (Å²) in [5.41, 5.74) is 2.82. The Labute approximate surface area is 171 Å². The van der Waals surface area contributed by atoms with Crippen molar-refractivity contribution in [1.82, 2.24) is 0 Å². The van der Waals surface area contributed by atoms with Gasteiger partial charge in [-0.3, -0.25) is 4.79 Å². The maximum Gasteiger partial charge on any atom is 0.287 e. The smallest absolute Gasteiger partial charge is 0.287 e. The lowest BCUT2D eigenvalue weighted by Crippen LogP contribution is -3.09. The number of carbonyl (C=O) groups excluding carboxylic acids is 1. The van der Waals surface area contributed by atoms with Gasteiger partial charge in [-0.2, -0.15) is 0 Å². The van der Waals surface area contributed by atoms with E-state index in [9.17, 15) is 4.79 Å². The number of likely N-dealkylation sites (N-methyl/N-ethyl adjacent to an activating group) is 1. The molecule has 3 aromatic carbocycles. The summed E-state index contributed by atoms with van der Waals surface area (Å²) in [6.45, 7) is 0.703. The zero-order chi connectivity index (χ0) is 20.6. The molecule has 29 heavy (non-hydrogen) atoms. The first-order valence-corrected chi connectivity index (χ1v) is 9.56. The highest BCUT2D eigenvalue weighted by molar-refractivity contribution is 5.94. The van der Waals surface area contributed by atoms with Gasteiger partial charge in [-0.05, 0) is 36.4 Å². The molecule has 0 fully saturated rings. The summed E-state index contributed by atoms with van der Waals surface area (Å²) in [7, 11) is 5.30. The molecule has 0 aliphatic heterocycles. The largest absolute Gasteiger partial charge is 0.497 e. The Bertz CT molecular complexity index is 926. The highest BCUT2D eigenvalue weighted by Gasteiger charge is 2.29. The third-order valence-corrected chi connectivity index (χ3v) is 4.87. The lowest BCUT2D eigenvalue weighted by Gasteiger charge is -2.25. The van der Waals surface area contributed by atoms with Crippen molar-refractivity contribution < 1.29 is 19.2 Å². The van der Waals surface area contributed by atoms with Crippen LogP contribution in [0.2, 0.25) is 0 Å². The predicted octanol–water partition coefficient (Wildman–Crippen LogP) is 3.10. The summed E-state index contributed by atoms with van der Waals surface area (Å²) in [5.74, 6) is 1.47. The molecule has 0 spiro atoms. The fraction of sp³-hybridized carbons (Fsp3) is 0.208. The Hall–Kier alpha value is -3.31. The molecule has 0 saturated heterocycles. The van der Waals surface area contributed by atoms with Gasteiger partial charge in [0, 0.05) is 22.9 Å². The standard InChI is InChI=1S/C24H26N2O3/c1-26(17-18-12-14-21(28-2)15-13-18)23(19-8-5-4-6-9-19)24(27)25-20-10-7-11-22(16-20)29-3/h4-16,23H,17H2,1-3H3,(H,25,27)/p+1/t23-/m1/s1. The molecule has 0 saturated carbocycles. The van der Waals surface area contributed by atoms with Crippen LogP contribution in [0, 0.1) is 0 Å².